The Kier molecular flexibility index (Phi) is 6.56. The zero-order valence-electron chi connectivity index (χ0n) is 11.9. The second-order valence-electron chi connectivity index (χ2n) is 4.62. The predicted molar refractivity (Wildman–Crippen MR) is 84.3 cm³/mol. The number of aromatic nitrogens is 1. The van der Waals surface area contributed by atoms with Gasteiger partial charge in [0.25, 0.3) is 0 Å². The van der Waals surface area contributed by atoms with E-state index in [9.17, 15) is 13.2 Å². The maximum atomic E-state index is 12.4. The Balaban J connectivity index is 3.05. The number of anilines is 1. The van der Waals surface area contributed by atoms with Crippen LogP contribution < -0.4 is 15.8 Å². The minimum atomic E-state index is -3.80. The molecule has 4 N–H and O–H groups in total. The van der Waals surface area contributed by atoms with Gasteiger partial charge in [0.15, 0.2) is 0 Å². The Morgan fingerprint density at radius 3 is 2.76 bits per heavy atom. The van der Waals surface area contributed by atoms with Crippen molar-refractivity contribution in [1.29, 1.82) is 0 Å². The van der Waals surface area contributed by atoms with Gasteiger partial charge in [-0.2, -0.15) is 0 Å². The minimum Gasteiger partial charge on any atom is -0.370 e. The molecule has 7 nitrogen and oxygen atoms in total. The highest BCUT2D eigenvalue weighted by Gasteiger charge is 2.23. The van der Waals surface area contributed by atoms with Gasteiger partial charge in [0.2, 0.25) is 15.9 Å². The Bertz CT molecular complexity index is 607. The van der Waals surface area contributed by atoms with E-state index in [0.717, 1.165) is 6.42 Å². The van der Waals surface area contributed by atoms with Crippen molar-refractivity contribution in [2.45, 2.75) is 37.6 Å². The average molecular weight is 379 g/mol. The van der Waals surface area contributed by atoms with Crippen molar-refractivity contribution in [3.8, 4) is 0 Å². The number of primary amides is 1. The van der Waals surface area contributed by atoms with E-state index in [2.05, 4.69) is 31.0 Å². The van der Waals surface area contributed by atoms with Crippen LogP contribution in [0.25, 0.3) is 0 Å². The lowest BCUT2D eigenvalue weighted by atomic mass is 10.2. The van der Waals surface area contributed by atoms with Gasteiger partial charge in [-0.3, -0.25) is 4.79 Å². The second-order valence-corrected chi connectivity index (χ2v) is 7.22. The summed E-state index contributed by atoms with van der Waals surface area (Å²) in [5.41, 5.74) is 5.06. The molecule has 1 aromatic rings. The molecule has 21 heavy (non-hydrogen) atoms. The van der Waals surface area contributed by atoms with Gasteiger partial charge >= 0.3 is 0 Å². The molecule has 1 heterocycles. The lowest BCUT2D eigenvalue weighted by molar-refractivity contribution is -0.118. The summed E-state index contributed by atoms with van der Waals surface area (Å²) in [6.45, 7) is 4.15. The van der Waals surface area contributed by atoms with Gasteiger partial charge in [0.1, 0.15) is 10.7 Å². The standard InChI is InChI=1S/C12H19BrN4O3S/c1-3-4-15-12-10(6-9(13)7-16-12)21(19,20)17-8(2)5-11(14)18/h6-8,17H,3-5H2,1-2H3,(H2,14,18)(H,15,16). The third-order valence-electron chi connectivity index (χ3n) is 2.52. The zero-order valence-corrected chi connectivity index (χ0v) is 14.3. The molecular weight excluding hydrogens is 360 g/mol. The van der Waals surface area contributed by atoms with Crippen LogP contribution >= 0.6 is 15.9 Å². The predicted octanol–water partition coefficient (Wildman–Crippen LogP) is 1.21. The molecule has 0 radical (unpaired) electrons. The molecular formula is C12H19BrN4O3S. The van der Waals surface area contributed by atoms with E-state index in [1.807, 2.05) is 6.92 Å². The first-order valence-electron chi connectivity index (χ1n) is 6.46. The second kappa shape index (κ2) is 7.71. The molecule has 1 amide bonds. The molecule has 9 heteroatoms. The van der Waals surface area contributed by atoms with Crippen LogP contribution in [0.5, 0.6) is 0 Å². The average Bonchev–Trinajstić information content (AvgIpc) is 2.35. The van der Waals surface area contributed by atoms with Crippen LogP contribution in [-0.2, 0) is 14.8 Å². The van der Waals surface area contributed by atoms with Crippen molar-refractivity contribution in [3.05, 3.63) is 16.7 Å². The topological polar surface area (TPSA) is 114 Å². The molecule has 118 valence electrons. The van der Waals surface area contributed by atoms with Crippen molar-refractivity contribution in [2.75, 3.05) is 11.9 Å². The van der Waals surface area contributed by atoms with Crippen LogP contribution in [0.4, 0.5) is 5.82 Å². The SMILES string of the molecule is CCCNc1ncc(Br)cc1S(=O)(=O)NC(C)CC(N)=O. The number of amides is 1. The number of nitrogens with zero attached hydrogens (tertiary/aromatic N) is 1. The van der Waals surface area contributed by atoms with Crippen molar-refractivity contribution in [1.82, 2.24) is 9.71 Å². The fourth-order valence-electron chi connectivity index (χ4n) is 1.67. The van der Waals surface area contributed by atoms with Gasteiger partial charge < -0.3 is 11.1 Å². The summed E-state index contributed by atoms with van der Waals surface area (Å²) in [5.74, 6) is -0.291. The lowest BCUT2D eigenvalue weighted by Crippen LogP contribution is -2.36. The number of nitrogens with one attached hydrogen (secondary N) is 2. The monoisotopic (exact) mass is 378 g/mol. The molecule has 1 atom stereocenters. The number of halogens is 1. The number of carbonyl (C=O) groups is 1. The van der Waals surface area contributed by atoms with E-state index in [4.69, 9.17) is 5.73 Å². The number of rotatable bonds is 8. The molecule has 0 aromatic carbocycles. The molecule has 1 unspecified atom stereocenters. The van der Waals surface area contributed by atoms with Gasteiger partial charge in [-0.25, -0.2) is 18.1 Å². The van der Waals surface area contributed by atoms with Gasteiger partial charge in [-0.05, 0) is 35.3 Å². The van der Waals surface area contributed by atoms with Crippen LogP contribution in [0, 0.1) is 0 Å². The summed E-state index contributed by atoms with van der Waals surface area (Å²) >= 11 is 3.21. The van der Waals surface area contributed by atoms with Gasteiger partial charge in [0, 0.05) is 29.7 Å². The number of hydrogen-bond donors (Lipinski definition) is 3. The third-order valence-corrected chi connectivity index (χ3v) is 4.55. The summed E-state index contributed by atoms with van der Waals surface area (Å²) in [5, 5.41) is 2.97. The summed E-state index contributed by atoms with van der Waals surface area (Å²) in [4.78, 5) is 15.0. The van der Waals surface area contributed by atoms with Gasteiger partial charge in [-0.15, -0.1) is 0 Å². The largest absolute Gasteiger partial charge is 0.370 e. The van der Waals surface area contributed by atoms with Crippen molar-refractivity contribution in [2.24, 2.45) is 5.73 Å². The lowest BCUT2D eigenvalue weighted by Gasteiger charge is -2.15. The Hall–Kier alpha value is -1.19. The maximum Gasteiger partial charge on any atom is 0.244 e. The van der Waals surface area contributed by atoms with Gasteiger partial charge in [0.05, 0.1) is 0 Å². The van der Waals surface area contributed by atoms with Crippen molar-refractivity contribution in [3.63, 3.8) is 0 Å². The first-order chi connectivity index (χ1) is 9.76. The van der Waals surface area contributed by atoms with E-state index >= 15 is 0 Å². The van der Waals surface area contributed by atoms with E-state index < -0.39 is 22.0 Å². The number of carbonyl (C=O) groups excluding carboxylic acids is 1. The Labute approximate surface area is 132 Å². The van der Waals surface area contributed by atoms with Crippen LogP contribution in [0.2, 0.25) is 0 Å². The summed E-state index contributed by atoms with van der Waals surface area (Å²) in [6, 6.07) is 0.870. The molecule has 0 bridgehead atoms. The van der Waals surface area contributed by atoms with Crippen molar-refractivity contribution < 1.29 is 13.2 Å². The fourth-order valence-corrected chi connectivity index (χ4v) is 3.56. The van der Waals surface area contributed by atoms with Crippen LogP contribution in [0.15, 0.2) is 21.6 Å². The van der Waals surface area contributed by atoms with Crippen LogP contribution in [0.1, 0.15) is 26.7 Å². The zero-order chi connectivity index (χ0) is 16.0. The van der Waals surface area contributed by atoms with Crippen LogP contribution in [0.3, 0.4) is 0 Å². The van der Waals surface area contributed by atoms with E-state index in [1.54, 1.807) is 6.92 Å². The van der Waals surface area contributed by atoms with Crippen molar-refractivity contribution >= 4 is 37.7 Å². The fraction of sp³-hybridized carbons (Fsp3) is 0.500. The molecule has 0 fully saturated rings. The minimum absolute atomic E-state index is 0.0293. The first kappa shape index (κ1) is 17.9. The van der Waals surface area contributed by atoms with Gasteiger partial charge in [-0.1, -0.05) is 6.92 Å². The highest BCUT2D eigenvalue weighted by molar-refractivity contribution is 9.10. The maximum absolute atomic E-state index is 12.4. The van der Waals surface area contributed by atoms with Crippen LogP contribution in [-0.4, -0.2) is 31.9 Å². The van der Waals surface area contributed by atoms with E-state index in [-0.39, 0.29) is 17.1 Å². The molecule has 0 saturated heterocycles. The smallest absolute Gasteiger partial charge is 0.244 e. The molecule has 0 aliphatic rings. The molecule has 1 rings (SSSR count). The summed E-state index contributed by atoms with van der Waals surface area (Å²) in [7, 11) is -3.80. The highest BCUT2D eigenvalue weighted by Crippen LogP contribution is 2.23. The Morgan fingerprint density at radius 1 is 1.52 bits per heavy atom. The highest BCUT2D eigenvalue weighted by atomic mass is 79.9. The number of sulfonamides is 1. The number of pyridine rings is 1. The van der Waals surface area contributed by atoms with E-state index in [1.165, 1.54) is 12.3 Å². The normalized spacial score (nSPS) is 12.9. The molecule has 0 spiro atoms. The summed E-state index contributed by atoms with van der Waals surface area (Å²) < 4.78 is 27.8. The first-order valence-corrected chi connectivity index (χ1v) is 8.74. The number of hydrogen-bond acceptors (Lipinski definition) is 5. The quantitative estimate of drug-likeness (QED) is 0.628. The van der Waals surface area contributed by atoms with E-state index in [0.29, 0.717) is 11.0 Å². The third kappa shape index (κ3) is 5.60. The molecule has 1 aromatic heterocycles. The molecule has 0 aliphatic heterocycles. The number of nitrogens with two attached hydrogens (primary N) is 1. The molecule has 0 saturated carbocycles. The molecule has 0 aliphatic carbocycles. The Morgan fingerprint density at radius 2 is 2.19 bits per heavy atom. The summed E-state index contributed by atoms with van der Waals surface area (Å²) in [6.07, 6.45) is 2.28.